The quantitative estimate of drug-likeness (QED) is 0.870. The Balaban J connectivity index is 2.22. The molecule has 0 aliphatic rings. The molecule has 0 amide bonds. The molecule has 6 nitrogen and oxygen atoms in total. The van der Waals surface area contributed by atoms with E-state index in [0.717, 1.165) is 0 Å². The number of aromatic carboxylic acids is 1. The number of carbonyl (C=O) groups is 1. The lowest BCUT2D eigenvalue weighted by atomic mass is 10.2. The number of carboxylic acids is 1. The zero-order valence-electron chi connectivity index (χ0n) is 10.3. The summed E-state index contributed by atoms with van der Waals surface area (Å²) in [7, 11) is 0. The molecule has 0 aliphatic carbocycles. The number of carboxylic acid groups (broad SMARTS) is 1. The highest BCUT2D eigenvalue weighted by Crippen LogP contribution is 2.13. The fourth-order valence-corrected chi connectivity index (χ4v) is 1.64. The van der Waals surface area contributed by atoms with Gasteiger partial charge in [0.15, 0.2) is 0 Å². The van der Waals surface area contributed by atoms with Crippen LogP contribution in [0.15, 0.2) is 18.2 Å². The van der Waals surface area contributed by atoms with Crippen molar-refractivity contribution in [3.63, 3.8) is 0 Å². The largest absolute Gasteiger partial charge is 0.478 e. The van der Waals surface area contributed by atoms with E-state index in [4.69, 9.17) is 9.84 Å². The van der Waals surface area contributed by atoms with Gasteiger partial charge in [-0.15, -0.1) is 5.10 Å². The Morgan fingerprint density at radius 2 is 2.28 bits per heavy atom. The number of aromatic nitrogens is 3. The van der Waals surface area contributed by atoms with Gasteiger partial charge in [0, 0.05) is 0 Å². The summed E-state index contributed by atoms with van der Waals surface area (Å²) in [5.74, 6) is -0.955. The molecule has 96 valence electrons. The topological polar surface area (TPSA) is 77.2 Å². The Morgan fingerprint density at radius 3 is 2.94 bits per heavy atom. The molecule has 2 aromatic rings. The second-order valence-corrected chi connectivity index (χ2v) is 4.24. The molecule has 18 heavy (non-hydrogen) atoms. The highest BCUT2D eigenvalue weighted by molar-refractivity contribution is 5.92. The zero-order chi connectivity index (χ0) is 13.1. The molecule has 0 atom stereocenters. The van der Waals surface area contributed by atoms with Gasteiger partial charge in [-0.05, 0) is 32.0 Å². The molecule has 6 heteroatoms. The van der Waals surface area contributed by atoms with Crippen LogP contribution in [-0.4, -0.2) is 38.8 Å². The summed E-state index contributed by atoms with van der Waals surface area (Å²) in [5.41, 5.74) is 1.63. The summed E-state index contributed by atoms with van der Waals surface area (Å²) < 4.78 is 7.09. The Kier molecular flexibility index (Phi) is 3.57. The summed E-state index contributed by atoms with van der Waals surface area (Å²) in [4.78, 5) is 10.9. The van der Waals surface area contributed by atoms with Crippen LogP contribution >= 0.6 is 0 Å². The maximum absolute atomic E-state index is 10.9. The smallest absolute Gasteiger partial charge is 0.335 e. The number of benzene rings is 1. The van der Waals surface area contributed by atoms with Crippen molar-refractivity contribution in [1.82, 2.24) is 15.0 Å². The summed E-state index contributed by atoms with van der Waals surface area (Å²) in [6.07, 6.45) is 0.161. The summed E-state index contributed by atoms with van der Waals surface area (Å²) in [5, 5.41) is 16.9. The van der Waals surface area contributed by atoms with Gasteiger partial charge < -0.3 is 9.84 Å². The molecule has 2 rings (SSSR count). The fourth-order valence-electron chi connectivity index (χ4n) is 1.64. The van der Waals surface area contributed by atoms with Gasteiger partial charge in [-0.1, -0.05) is 5.21 Å². The molecule has 1 aromatic carbocycles. The van der Waals surface area contributed by atoms with Crippen molar-refractivity contribution in [1.29, 1.82) is 0 Å². The summed E-state index contributed by atoms with van der Waals surface area (Å²) in [6, 6.07) is 4.76. The van der Waals surface area contributed by atoms with Gasteiger partial charge in [0.25, 0.3) is 0 Å². The molecule has 0 fully saturated rings. The molecular weight excluding hydrogens is 234 g/mol. The Morgan fingerprint density at radius 1 is 1.50 bits per heavy atom. The third-order valence-electron chi connectivity index (χ3n) is 2.52. The molecule has 1 heterocycles. The molecule has 0 saturated heterocycles. The van der Waals surface area contributed by atoms with E-state index in [-0.39, 0.29) is 11.7 Å². The average molecular weight is 249 g/mol. The van der Waals surface area contributed by atoms with Crippen LogP contribution in [0.5, 0.6) is 0 Å². The first-order valence-corrected chi connectivity index (χ1v) is 5.76. The van der Waals surface area contributed by atoms with E-state index in [1.54, 1.807) is 16.8 Å². The van der Waals surface area contributed by atoms with Gasteiger partial charge in [-0.25, -0.2) is 9.48 Å². The van der Waals surface area contributed by atoms with Crippen LogP contribution in [0.4, 0.5) is 0 Å². The number of nitrogens with zero attached hydrogens (tertiary/aromatic N) is 3. The molecule has 0 radical (unpaired) electrons. The fraction of sp³-hybridized carbons (Fsp3) is 0.417. The minimum Gasteiger partial charge on any atom is -0.478 e. The van der Waals surface area contributed by atoms with E-state index >= 15 is 0 Å². The number of ether oxygens (including phenoxy) is 1. The maximum atomic E-state index is 10.9. The number of fused-ring (bicyclic) bond motifs is 1. The van der Waals surface area contributed by atoms with Crippen LogP contribution in [0, 0.1) is 0 Å². The van der Waals surface area contributed by atoms with E-state index in [1.165, 1.54) is 6.07 Å². The Hall–Kier alpha value is -1.95. The lowest BCUT2D eigenvalue weighted by Gasteiger charge is -2.07. The van der Waals surface area contributed by atoms with Gasteiger partial charge >= 0.3 is 5.97 Å². The van der Waals surface area contributed by atoms with Crippen LogP contribution in [0.1, 0.15) is 24.2 Å². The van der Waals surface area contributed by atoms with Crippen LogP contribution in [-0.2, 0) is 11.3 Å². The van der Waals surface area contributed by atoms with Gasteiger partial charge in [-0.3, -0.25) is 0 Å². The minimum absolute atomic E-state index is 0.161. The van der Waals surface area contributed by atoms with Gasteiger partial charge in [0.2, 0.25) is 0 Å². The molecule has 0 unspecified atom stereocenters. The van der Waals surface area contributed by atoms with E-state index < -0.39 is 5.97 Å². The third kappa shape index (κ3) is 2.65. The number of rotatable bonds is 5. The van der Waals surface area contributed by atoms with Crippen LogP contribution in [0.25, 0.3) is 11.0 Å². The SMILES string of the molecule is CC(C)OCCn1nnc2ccc(C(=O)O)cc21. The first kappa shape index (κ1) is 12.5. The standard InChI is InChI=1S/C12H15N3O3/c1-8(2)18-6-5-15-11-7-9(12(16)17)3-4-10(11)13-14-15/h3-4,7-8H,5-6H2,1-2H3,(H,16,17). The van der Waals surface area contributed by atoms with Crippen molar-refractivity contribution in [3.05, 3.63) is 23.8 Å². The van der Waals surface area contributed by atoms with Gasteiger partial charge in [0.1, 0.15) is 5.52 Å². The zero-order valence-corrected chi connectivity index (χ0v) is 10.3. The first-order chi connectivity index (χ1) is 8.58. The van der Waals surface area contributed by atoms with Crippen molar-refractivity contribution >= 4 is 17.0 Å². The maximum Gasteiger partial charge on any atom is 0.335 e. The second-order valence-electron chi connectivity index (χ2n) is 4.24. The highest BCUT2D eigenvalue weighted by Gasteiger charge is 2.09. The predicted octanol–water partition coefficient (Wildman–Crippen LogP) is 1.55. The van der Waals surface area contributed by atoms with Crippen molar-refractivity contribution in [2.24, 2.45) is 0 Å². The molecule has 0 bridgehead atoms. The molecule has 1 N–H and O–H groups in total. The van der Waals surface area contributed by atoms with Crippen molar-refractivity contribution in [2.45, 2.75) is 26.5 Å². The monoisotopic (exact) mass is 249 g/mol. The Labute approximate surface area is 104 Å². The van der Waals surface area contributed by atoms with Gasteiger partial charge in [-0.2, -0.15) is 0 Å². The molecule has 1 aromatic heterocycles. The second kappa shape index (κ2) is 5.14. The Bertz CT molecular complexity index is 563. The number of hydrogen-bond acceptors (Lipinski definition) is 4. The van der Waals surface area contributed by atoms with E-state index in [0.29, 0.717) is 24.2 Å². The molecule has 0 spiro atoms. The molecular formula is C12H15N3O3. The van der Waals surface area contributed by atoms with Crippen LogP contribution in [0.3, 0.4) is 0 Å². The summed E-state index contributed by atoms with van der Waals surface area (Å²) in [6.45, 7) is 5.00. The third-order valence-corrected chi connectivity index (χ3v) is 2.52. The molecule has 0 saturated carbocycles. The lowest BCUT2D eigenvalue weighted by molar-refractivity contribution is 0.0697. The summed E-state index contributed by atoms with van der Waals surface area (Å²) >= 11 is 0. The van der Waals surface area contributed by atoms with E-state index in [1.807, 2.05) is 13.8 Å². The average Bonchev–Trinajstić information content (AvgIpc) is 2.71. The van der Waals surface area contributed by atoms with E-state index in [9.17, 15) is 4.79 Å². The van der Waals surface area contributed by atoms with Gasteiger partial charge in [0.05, 0.1) is 30.3 Å². The first-order valence-electron chi connectivity index (χ1n) is 5.76. The van der Waals surface area contributed by atoms with Crippen molar-refractivity contribution in [2.75, 3.05) is 6.61 Å². The highest BCUT2D eigenvalue weighted by atomic mass is 16.5. The van der Waals surface area contributed by atoms with Crippen molar-refractivity contribution in [3.8, 4) is 0 Å². The molecule has 0 aliphatic heterocycles. The van der Waals surface area contributed by atoms with Crippen LogP contribution in [0.2, 0.25) is 0 Å². The normalized spacial score (nSPS) is 11.3. The van der Waals surface area contributed by atoms with E-state index in [2.05, 4.69) is 10.3 Å². The van der Waals surface area contributed by atoms with Crippen molar-refractivity contribution < 1.29 is 14.6 Å². The minimum atomic E-state index is -0.955. The predicted molar refractivity (Wildman–Crippen MR) is 65.6 cm³/mol. The lowest BCUT2D eigenvalue weighted by Crippen LogP contribution is -2.11. The number of hydrogen-bond donors (Lipinski definition) is 1. The van der Waals surface area contributed by atoms with Crippen LogP contribution < -0.4 is 0 Å².